The molecule has 132 valence electrons. The summed E-state index contributed by atoms with van der Waals surface area (Å²) in [6.07, 6.45) is 2.16. The molecule has 4 rings (SSSR count). The van der Waals surface area contributed by atoms with Gasteiger partial charge in [0.15, 0.2) is 0 Å². The summed E-state index contributed by atoms with van der Waals surface area (Å²) in [7, 11) is 0. The van der Waals surface area contributed by atoms with Gasteiger partial charge in [0, 0.05) is 17.0 Å². The Morgan fingerprint density at radius 1 is 0.962 bits per heavy atom. The third-order valence-corrected chi connectivity index (χ3v) is 5.18. The lowest BCUT2D eigenvalue weighted by Gasteiger charge is -2.38. The van der Waals surface area contributed by atoms with Crippen molar-refractivity contribution >= 4 is 35.1 Å². The fraction of sp³-hybridized carbons (Fsp3) is 0.211. The number of hydrogen-bond acceptors (Lipinski definition) is 3. The van der Waals surface area contributed by atoms with E-state index in [0.717, 1.165) is 11.1 Å². The van der Waals surface area contributed by atoms with Gasteiger partial charge < -0.3 is 0 Å². The molecule has 0 unspecified atom stereocenters. The van der Waals surface area contributed by atoms with E-state index >= 15 is 0 Å². The Hall–Kier alpha value is -2.37. The van der Waals surface area contributed by atoms with Crippen LogP contribution in [0.15, 0.2) is 54.9 Å². The second-order valence-corrected chi connectivity index (χ2v) is 7.14. The minimum absolute atomic E-state index is 0.0407. The lowest BCUT2D eigenvalue weighted by atomic mass is 9.92. The first kappa shape index (κ1) is 17.1. The summed E-state index contributed by atoms with van der Waals surface area (Å²) in [5.41, 5.74) is 2.08. The van der Waals surface area contributed by atoms with Gasteiger partial charge >= 0.3 is 0 Å². The Balaban J connectivity index is 1.82. The zero-order chi connectivity index (χ0) is 18.3. The van der Waals surface area contributed by atoms with Crippen LogP contribution in [0.5, 0.6) is 0 Å². The Labute approximate surface area is 161 Å². The standard InChI is InChI=1S/C19H16Cl2N4O/c1-12(26)24-17(13-2-6-15(20)7-3-13)10-18(25-19(24)22-11-23-25)14-4-8-16(21)9-5-14/h2-9,11,17-18H,10H2,1H3/t17-,18-/m0/s1. The molecule has 1 aliphatic heterocycles. The predicted molar refractivity (Wildman–Crippen MR) is 102 cm³/mol. The molecule has 0 N–H and O–H groups in total. The molecule has 5 nitrogen and oxygen atoms in total. The van der Waals surface area contributed by atoms with E-state index in [1.807, 2.05) is 48.5 Å². The van der Waals surface area contributed by atoms with Gasteiger partial charge in [-0.1, -0.05) is 47.5 Å². The van der Waals surface area contributed by atoms with Gasteiger partial charge in [0.2, 0.25) is 11.9 Å². The fourth-order valence-electron chi connectivity index (χ4n) is 3.49. The summed E-state index contributed by atoms with van der Waals surface area (Å²) in [5.74, 6) is 0.470. The molecule has 0 radical (unpaired) electrons. The number of carbonyl (C=O) groups excluding carboxylic acids is 1. The first-order valence-electron chi connectivity index (χ1n) is 8.25. The second kappa shape index (κ2) is 6.74. The fourth-order valence-corrected chi connectivity index (χ4v) is 3.74. The highest BCUT2D eigenvalue weighted by molar-refractivity contribution is 6.30. The molecule has 2 heterocycles. The number of fused-ring (bicyclic) bond motifs is 1. The molecule has 0 aliphatic carbocycles. The lowest BCUT2D eigenvalue weighted by Crippen LogP contribution is -2.41. The summed E-state index contributed by atoms with van der Waals surface area (Å²) < 4.78 is 1.80. The molecule has 0 spiro atoms. The van der Waals surface area contributed by atoms with Crippen LogP contribution in [0.25, 0.3) is 0 Å². The Kier molecular flexibility index (Phi) is 4.42. The van der Waals surface area contributed by atoms with E-state index in [0.29, 0.717) is 22.4 Å². The zero-order valence-corrected chi connectivity index (χ0v) is 15.5. The topological polar surface area (TPSA) is 51.0 Å². The van der Waals surface area contributed by atoms with E-state index in [4.69, 9.17) is 23.2 Å². The summed E-state index contributed by atoms with van der Waals surface area (Å²) in [5, 5.41) is 5.72. The van der Waals surface area contributed by atoms with Crippen molar-refractivity contribution < 1.29 is 4.79 Å². The van der Waals surface area contributed by atoms with Crippen LogP contribution in [-0.2, 0) is 4.79 Å². The molecule has 7 heteroatoms. The number of benzene rings is 2. The molecule has 3 aromatic rings. The van der Waals surface area contributed by atoms with Crippen molar-refractivity contribution in [3.8, 4) is 0 Å². The van der Waals surface area contributed by atoms with Gasteiger partial charge in [0.05, 0.1) is 12.1 Å². The number of halogens is 2. The van der Waals surface area contributed by atoms with Crippen LogP contribution in [0.2, 0.25) is 10.0 Å². The summed E-state index contributed by atoms with van der Waals surface area (Å²) in [6.45, 7) is 1.55. The number of anilines is 1. The van der Waals surface area contributed by atoms with E-state index in [1.54, 1.807) is 16.5 Å². The van der Waals surface area contributed by atoms with Crippen LogP contribution >= 0.6 is 23.2 Å². The number of nitrogens with zero attached hydrogens (tertiary/aromatic N) is 4. The maximum atomic E-state index is 12.4. The average molecular weight is 387 g/mol. The van der Waals surface area contributed by atoms with E-state index in [2.05, 4.69) is 10.1 Å². The highest BCUT2D eigenvalue weighted by atomic mass is 35.5. The van der Waals surface area contributed by atoms with Crippen molar-refractivity contribution in [3.63, 3.8) is 0 Å². The normalized spacial score (nSPS) is 19.3. The minimum Gasteiger partial charge on any atom is -0.275 e. The van der Waals surface area contributed by atoms with Gasteiger partial charge in [-0.25, -0.2) is 4.68 Å². The van der Waals surface area contributed by atoms with Crippen LogP contribution in [0.3, 0.4) is 0 Å². The van der Waals surface area contributed by atoms with Gasteiger partial charge in [-0.3, -0.25) is 9.69 Å². The van der Waals surface area contributed by atoms with E-state index in [-0.39, 0.29) is 18.0 Å². The summed E-state index contributed by atoms with van der Waals surface area (Å²) >= 11 is 12.1. The quantitative estimate of drug-likeness (QED) is 0.642. The molecule has 1 aromatic heterocycles. The Morgan fingerprint density at radius 2 is 1.50 bits per heavy atom. The lowest BCUT2D eigenvalue weighted by molar-refractivity contribution is -0.117. The molecule has 1 aliphatic rings. The highest BCUT2D eigenvalue weighted by Gasteiger charge is 2.38. The van der Waals surface area contributed by atoms with Crippen molar-refractivity contribution in [3.05, 3.63) is 76.0 Å². The Morgan fingerprint density at radius 3 is 2.04 bits per heavy atom. The van der Waals surface area contributed by atoms with Gasteiger partial charge in [-0.15, -0.1) is 0 Å². The van der Waals surface area contributed by atoms with Gasteiger partial charge in [0.25, 0.3) is 0 Å². The summed E-state index contributed by atoms with van der Waals surface area (Å²) in [4.78, 5) is 18.4. The smallest absolute Gasteiger partial charge is 0.231 e. The van der Waals surface area contributed by atoms with Crippen LogP contribution in [0.4, 0.5) is 5.95 Å². The third kappa shape index (κ3) is 2.97. The van der Waals surface area contributed by atoms with Crippen LogP contribution < -0.4 is 4.90 Å². The molecule has 26 heavy (non-hydrogen) atoms. The van der Waals surface area contributed by atoms with Crippen LogP contribution in [0, 0.1) is 0 Å². The molecule has 0 saturated heterocycles. The molecule has 0 fully saturated rings. The van der Waals surface area contributed by atoms with Crippen LogP contribution in [0.1, 0.15) is 36.6 Å². The monoisotopic (exact) mass is 386 g/mol. The second-order valence-electron chi connectivity index (χ2n) is 6.26. The molecular formula is C19H16Cl2N4O. The Bertz CT molecular complexity index is 937. The number of rotatable bonds is 2. The van der Waals surface area contributed by atoms with E-state index in [1.165, 1.54) is 6.33 Å². The van der Waals surface area contributed by atoms with Crippen molar-refractivity contribution in [2.24, 2.45) is 0 Å². The minimum atomic E-state index is -0.151. The van der Waals surface area contributed by atoms with E-state index < -0.39 is 0 Å². The van der Waals surface area contributed by atoms with Crippen molar-refractivity contribution in [1.82, 2.24) is 14.8 Å². The largest absolute Gasteiger partial charge is 0.275 e. The number of aromatic nitrogens is 3. The average Bonchev–Trinajstić information content (AvgIpc) is 3.11. The molecule has 0 bridgehead atoms. The van der Waals surface area contributed by atoms with Gasteiger partial charge in [-0.05, 0) is 41.8 Å². The first-order chi connectivity index (χ1) is 12.5. The highest BCUT2D eigenvalue weighted by Crippen LogP contribution is 2.42. The van der Waals surface area contributed by atoms with Gasteiger partial charge in [-0.2, -0.15) is 10.1 Å². The van der Waals surface area contributed by atoms with Crippen molar-refractivity contribution in [2.45, 2.75) is 25.4 Å². The van der Waals surface area contributed by atoms with Crippen LogP contribution in [-0.4, -0.2) is 20.7 Å². The first-order valence-corrected chi connectivity index (χ1v) is 9.00. The number of amides is 1. The summed E-state index contributed by atoms with van der Waals surface area (Å²) in [6, 6.07) is 15.1. The van der Waals surface area contributed by atoms with Crippen molar-refractivity contribution in [2.75, 3.05) is 4.90 Å². The maximum Gasteiger partial charge on any atom is 0.231 e. The maximum absolute atomic E-state index is 12.4. The number of hydrogen-bond donors (Lipinski definition) is 0. The molecule has 1 amide bonds. The number of carbonyl (C=O) groups is 1. The molecular weight excluding hydrogens is 371 g/mol. The molecule has 0 saturated carbocycles. The van der Waals surface area contributed by atoms with Crippen molar-refractivity contribution in [1.29, 1.82) is 0 Å². The van der Waals surface area contributed by atoms with Gasteiger partial charge in [0.1, 0.15) is 6.33 Å². The predicted octanol–water partition coefficient (Wildman–Crippen LogP) is 4.67. The molecule has 2 aromatic carbocycles. The molecule has 2 atom stereocenters. The third-order valence-electron chi connectivity index (χ3n) is 4.67. The SMILES string of the molecule is CC(=O)N1c2ncnn2[C@H](c2ccc(Cl)cc2)C[C@H]1c1ccc(Cl)cc1. The van der Waals surface area contributed by atoms with E-state index in [9.17, 15) is 4.79 Å². The zero-order valence-electron chi connectivity index (χ0n) is 14.0.